The van der Waals surface area contributed by atoms with Crippen LogP contribution in [-0.2, 0) is 6.61 Å². The van der Waals surface area contributed by atoms with Crippen molar-refractivity contribution in [2.45, 2.75) is 21.4 Å². The van der Waals surface area contributed by atoms with Crippen LogP contribution in [0.1, 0.15) is 11.1 Å². The van der Waals surface area contributed by atoms with E-state index in [1.165, 1.54) is 9.15 Å². The van der Waals surface area contributed by atoms with Crippen LogP contribution in [0.15, 0.2) is 55.1 Å². The third-order valence-electron chi connectivity index (χ3n) is 3.67. The van der Waals surface area contributed by atoms with Crippen LogP contribution >= 0.6 is 0 Å². The zero-order valence-corrected chi connectivity index (χ0v) is 16.7. The third-order valence-corrected chi connectivity index (χ3v) is 9.61. The van der Waals surface area contributed by atoms with Crippen molar-refractivity contribution in [1.82, 2.24) is 0 Å². The quantitative estimate of drug-likeness (QED) is 0.621. The molecule has 0 heterocycles. The van der Waals surface area contributed by atoms with Gasteiger partial charge in [-0.15, -0.1) is 0 Å². The molecule has 3 heteroatoms. The monoisotopic (exact) mass is 404 g/mol. The molecular weight excluding hydrogens is 379 g/mol. The second-order valence-electron chi connectivity index (χ2n) is 6.36. The second kappa shape index (κ2) is 7.23. The van der Waals surface area contributed by atoms with E-state index in [2.05, 4.69) is 33.5 Å². The fourth-order valence-electron chi connectivity index (χ4n) is 2.13. The Morgan fingerprint density at radius 1 is 1.00 bits per heavy atom. The molecule has 0 aromatic heterocycles. The van der Waals surface area contributed by atoms with Crippen molar-refractivity contribution in [3.63, 3.8) is 0 Å². The first-order valence-corrected chi connectivity index (χ1v) is 17.5. The van der Waals surface area contributed by atoms with Gasteiger partial charge in [-0.25, -0.2) is 0 Å². The third kappa shape index (κ3) is 4.29. The minimum atomic E-state index is -2.19. The Morgan fingerprint density at radius 2 is 1.64 bits per heavy atom. The fraction of sp³-hybridized carbons (Fsp3) is 0.263. The van der Waals surface area contributed by atoms with Crippen molar-refractivity contribution in [3.8, 4) is 11.5 Å². The molecule has 2 rings (SSSR count). The van der Waals surface area contributed by atoms with Gasteiger partial charge < -0.3 is 0 Å². The first-order chi connectivity index (χ1) is 10.4. The van der Waals surface area contributed by atoms with Crippen molar-refractivity contribution in [3.05, 3.63) is 66.2 Å². The van der Waals surface area contributed by atoms with Gasteiger partial charge in [0.25, 0.3) is 0 Å². The van der Waals surface area contributed by atoms with E-state index in [1.807, 2.05) is 36.4 Å². The molecule has 0 aliphatic rings. The van der Waals surface area contributed by atoms with Gasteiger partial charge in [-0.2, -0.15) is 0 Å². The summed E-state index contributed by atoms with van der Waals surface area (Å²) >= 11 is -2.19. The van der Waals surface area contributed by atoms with Gasteiger partial charge in [0.2, 0.25) is 0 Å². The molecule has 0 amide bonds. The molecule has 0 aliphatic carbocycles. The fourth-order valence-corrected chi connectivity index (χ4v) is 5.02. The number of hydrogen-bond acceptors (Lipinski definition) is 2. The van der Waals surface area contributed by atoms with Gasteiger partial charge in [0.1, 0.15) is 0 Å². The summed E-state index contributed by atoms with van der Waals surface area (Å²) < 4.78 is 12.5. The number of ether oxygens (including phenoxy) is 2. The Kier molecular flexibility index (Phi) is 5.57. The zero-order chi connectivity index (χ0) is 16.2. The predicted molar refractivity (Wildman–Crippen MR) is 96.1 cm³/mol. The van der Waals surface area contributed by atoms with Crippen molar-refractivity contribution in [2.24, 2.45) is 0 Å². The molecule has 0 N–H and O–H groups in total. The molecule has 0 saturated heterocycles. The summed E-state index contributed by atoms with van der Waals surface area (Å²) in [5.74, 6) is 1.79. The number of hydrogen-bond donors (Lipinski definition) is 0. The van der Waals surface area contributed by atoms with Crippen LogP contribution in [0, 0.1) is 0 Å². The number of rotatable bonds is 6. The van der Waals surface area contributed by atoms with Crippen LogP contribution in [0.2, 0.25) is 14.8 Å². The topological polar surface area (TPSA) is 18.5 Å². The molecule has 0 unspecified atom stereocenters. The average Bonchev–Trinajstić information content (AvgIpc) is 2.52. The normalized spacial score (nSPS) is 11.1. The maximum absolute atomic E-state index is 6.04. The SMILES string of the molecule is C=[C](c1ccccc1OCc1ccc(OC)cc1)[Sn]([CH3])([CH3])[CH3]. The Labute approximate surface area is 137 Å². The standard InChI is InChI=1S/C16H15O2.3CH3.Sn/c1-3-14-6-4-5-7-16(14)18-12-13-8-10-15(17-2)11-9-13;;;;/h4-11H,1,12H2,2H3;3*1H3;. The van der Waals surface area contributed by atoms with Crippen LogP contribution in [0.4, 0.5) is 0 Å². The van der Waals surface area contributed by atoms with E-state index in [1.54, 1.807) is 7.11 Å². The van der Waals surface area contributed by atoms with E-state index < -0.39 is 18.4 Å². The van der Waals surface area contributed by atoms with Gasteiger partial charge in [-0.1, -0.05) is 0 Å². The Hall–Kier alpha value is -1.42. The van der Waals surface area contributed by atoms with E-state index in [0.29, 0.717) is 6.61 Å². The summed E-state index contributed by atoms with van der Waals surface area (Å²) in [4.78, 5) is 7.12. The van der Waals surface area contributed by atoms with Crippen molar-refractivity contribution in [2.75, 3.05) is 7.11 Å². The van der Waals surface area contributed by atoms with E-state index in [9.17, 15) is 0 Å². The summed E-state index contributed by atoms with van der Waals surface area (Å²) in [5, 5.41) is 0. The molecule has 0 aliphatic heterocycles. The first kappa shape index (κ1) is 16.9. The van der Waals surface area contributed by atoms with Gasteiger partial charge in [0, 0.05) is 0 Å². The predicted octanol–water partition coefficient (Wildman–Crippen LogP) is 5.16. The van der Waals surface area contributed by atoms with E-state index >= 15 is 0 Å². The number of benzene rings is 2. The van der Waals surface area contributed by atoms with Crippen LogP contribution in [0.25, 0.3) is 3.59 Å². The van der Waals surface area contributed by atoms with Gasteiger partial charge in [0.05, 0.1) is 0 Å². The molecule has 0 saturated carbocycles. The molecule has 0 atom stereocenters. The molecule has 22 heavy (non-hydrogen) atoms. The van der Waals surface area contributed by atoms with E-state index in [4.69, 9.17) is 9.47 Å². The molecule has 0 bridgehead atoms. The average molecular weight is 403 g/mol. The van der Waals surface area contributed by atoms with Gasteiger partial charge in [0.15, 0.2) is 0 Å². The summed E-state index contributed by atoms with van der Waals surface area (Å²) in [7, 11) is 1.67. The zero-order valence-electron chi connectivity index (χ0n) is 13.8. The van der Waals surface area contributed by atoms with Gasteiger partial charge >= 0.3 is 138 Å². The van der Waals surface area contributed by atoms with Crippen LogP contribution in [0.5, 0.6) is 11.5 Å². The van der Waals surface area contributed by atoms with Crippen molar-refractivity contribution < 1.29 is 9.47 Å². The molecule has 2 aromatic rings. The first-order valence-electron chi connectivity index (χ1n) is 7.46. The molecule has 2 aromatic carbocycles. The summed E-state index contributed by atoms with van der Waals surface area (Å²) in [5.41, 5.74) is 2.29. The van der Waals surface area contributed by atoms with Crippen molar-refractivity contribution in [1.29, 1.82) is 0 Å². The molecule has 0 radical (unpaired) electrons. The molecule has 116 valence electrons. The molecule has 2 nitrogen and oxygen atoms in total. The van der Waals surface area contributed by atoms with E-state index in [0.717, 1.165) is 17.1 Å². The summed E-state index contributed by atoms with van der Waals surface area (Å²) in [6, 6.07) is 16.2. The summed E-state index contributed by atoms with van der Waals surface area (Å²) in [6.07, 6.45) is 0. The van der Waals surface area contributed by atoms with E-state index in [-0.39, 0.29) is 0 Å². The number of para-hydroxylation sites is 1. The molecule has 0 spiro atoms. The van der Waals surface area contributed by atoms with Crippen LogP contribution < -0.4 is 9.47 Å². The Balaban J connectivity index is 2.14. The summed E-state index contributed by atoms with van der Waals surface area (Å²) in [6.45, 7) is 4.88. The maximum atomic E-state index is 6.04. The second-order valence-corrected chi connectivity index (χ2v) is 20.9. The van der Waals surface area contributed by atoms with Crippen LogP contribution in [0.3, 0.4) is 0 Å². The van der Waals surface area contributed by atoms with Crippen LogP contribution in [-0.4, -0.2) is 25.5 Å². The Morgan fingerprint density at radius 3 is 2.23 bits per heavy atom. The van der Waals surface area contributed by atoms with Crippen molar-refractivity contribution >= 4 is 22.0 Å². The number of methoxy groups -OCH3 is 1. The minimum absolute atomic E-state index is 0.550. The van der Waals surface area contributed by atoms with Gasteiger partial charge in [-0.05, 0) is 0 Å². The molecular formula is C19H24O2Sn. The molecule has 0 fully saturated rings. The Bertz CT molecular complexity index is 639. The van der Waals surface area contributed by atoms with Gasteiger partial charge in [-0.3, -0.25) is 0 Å².